The van der Waals surface area contributed by atoms with Crippen molar-refractivity contribution in [1.82, 2.24) is 19.9 Å². The Labute approximate surface area is 149 Å². The Morgan fingerprint density at radius 2 is 2.28 bits per heavy atom. The Morgan fingerprint density at radius 3 is 3.00 bits per heavy atom. The number of carbonyl (C=O) groups excluding carboxylic acids is 1. The highest BCUT2D eigenvalue weighted by Crippen LogP contribution is 2.19. The number of nitrogens with zero attached hydrogens (tertiary/aromatic N) is 2. The van der Waals surface area contributed by atoms with Gasteiger partial charge in [-0.05, 0) is 25.5 Å². The summed E-state index contributed by atoms with van der Waals surface area (Å²) >= 11 is 0. The van der Waals surface area contributed by atoms with Gasteiger partial charge in [-0.25, -0.2) is 13.1 Å². The number of likely N-dealkylation sites (tertiary alicyclic amines) is 1. The molecule has 1 aliphatic rings. The van der Waals surface area contributed by atoms with Crippen LogP contribution in [-0.4, -0.2) is 62.7 Å². The fraction of sp³-hybridized carbons (Fsp3) is 0.625. The van der Waals surface area contributed by atoms with Crippen LogP contribution < -0.4 is 14.8 Å². The molecular weight excluding hydrogens is 344 g/mol. The number of sulfonamides is 1. The summed E-state index contributed by atoms with van der Waals surface area (Å²) in [4.78, 5) is 17.4. The van der Waals surface area contributed by atoms with Crippen LogP contribution in [0.25, 0.3) is 0 Å². The molecule has 2 heterocycles. The molecule has 1 atom stereocenters. The quantitative estimate of drug-likeness (QED) is 0.599. The lowest BCUT2D eigenvalue weighted by Crippen LogP contribution is -2.29. The van der Waals surface area contributed by atoms with Gasteiger partial charge < -0.3 is 10.1 Å². The van der Waals surface area contributed by atoms with Gasteiger partial charge in [0, 0.05) is 38.8 Å². The minimum atomic E-state index is -3.11. The lowest BCUT2D eigenvalue weighted by atomic mass is 10.3. The zero-order chi connectivity index (χ0) is 18.3. The van der Waals surface area contributed by atoms with E-state index >= 15 is 0 Å². The van der Waals surface area contributed by atoms with Gasteiger partial charge in [-0.3, -0.25) is 14.7 Å². The minimum absolute atomic E-state index is 0.0927. The molecular formula is C16H26N4O4S. The first-order valence-corrected chi connectivity index (χ1v) is 10.2. The first-order valence-electron chi connectivity index (χ1n) is 8.35. The molecule has 8 nitrogen and oxygen atoms in total. The van der Waals surface area contributed by atoms with Crippen LogP contribution in [0.1, 0.15) is 25.5 Å². The number of pyridine rings is 1. The second kappa shape index (κ2) is 9.12. The van der Waals surface area contributed by atoms with Crippen molar-refractivity contribution in [2.75, 3.05) is 32.4 Å². The molecule has 0 aliphatic carbocycles. The molecule has 0 aromatic carbocycles. The molecule has 0 saturated carbocycles. The number of aromatic nitrogens is 1. The van der Waals surface area contributed by atoms with Gasteiger partial charge in [0.1, 0.15) is 11.9 Å². The molecule has 0 bridgehead atoms. The van der Waals surface area contributed by atoms with Gasteiger partial charge in [0.25, 0.3) is 0 Å². The Hall–Kier alpha value is -1.71. The number of ether oxygens (including phenoxy) is 1. The predicted molar refractivity (Wildman–Crippen MR) is 94.7 cm³/mol. The van der Waals surface area contributed by atoms with Crippen LogP contribution in [0.5, 0.6) is 5.75 Å². The van der Waals surface area contributed by atoms with E-state index in [0.717, 1.165) is 43.9 Å². The number of hydrogen-bond acceptors (Lipinski definition) is 6. The molecule has 9 heteroatoms. The topological polar surface area (TPSA) is 101 Å². The van der Waals surface area contributed by atoms with E-state index in [0.29, 0.717) is 13.1 Å². The fourth-order valence-corrected chi connectivity index (χ4v) is 3.21. The third-order valence-corrected chi connectivity index (χ3v) is 4.58. The largest absolute Gasteiger partial charge is 0.489 e. The first-order chi connectivity index (χ1) is 11.8. The molecule has 1 fully saturated rings. The molecule has 2 rings (SSSR count). The standard InChI is InChI=1S/C16H26N4O4S/c1-13(21)18-11-14-10-15(4-7-17-14)24-16-5-9-20(12-16)8-3-6-19-25(2,22)23/h4,7,10,16,19H,3,5-6,8-9,11-12H2,1-2H3,(H,18,21). The number of carbonyl (C=O) groups is 1. The van der Waals surface area contributed by atoms with Crippen molar-refractivity contribution in [3.63, 3.8) is 0 Å². The summed E-state index contributed by atoms with van der Waals surface area (Å²) in [5.41, 5.74) is 0.759. The van der Waals surface area contributed by atoms with E-state index < -0.39 is 10.0 Å². The summed E-state index contributed by atoms with van der Waals surface area (Å²) in [7, 11) is -3.11. The van der Waals surface area contributed by atoms with Gasteiger partial charge in [-0.1, -0.05) is 0 Å². The maximum Gasteiger partial charge on any atom is 0.217 e. The van der Waals surface area contributed by atoms with Crippen LogP contribution in [0, 0.1) is 0 Å². The third-order valence-electron chi connectivity index (χ3n) is 3.85. The third kappa shape index (κ3) is 7.80. The van der Waals surface area contributed by atoms with Crippen molar-refractivity contribution in [3.8, 4) is 5.75 Å². The predicted octanol–water partition coefficient (Wildman–Crippen LogP) is 0.110. The van der Waals surface area contributed by atoms with E-state index in [1.165, 1.54) is 13.2 Å². The van der Waals surface area contributed by atoms with E-state index in [-0.39, 0.29) is 12.0 Å². The van der Waals surface area contributed by atoms with Gasteiger partial charge in [-0.15, -0.1) is 0 Å². The molecule has 2 N–H and O–H groups in total. The number of rotatable bonds is 9. The summed E-state index contributed by atoms with van der Waals surface area (Å²) in [6, 6.07) is 3.66. The van der Waals surface area contributed by atoms with Gasteiger partial charge in [-0.2, -0.15) is 0 Å². The van der Waals surface area contributed by atoms with Crippen molar-refractivity contribution in [2.24, 2.45) is 0 Å². The lowest BCUT2D eigenvalue weighted by Gasteiger charge is -2.17. The number of hydrogen-bond donors (Lipinski definition) is 2. The second-order valence-corrected chi connectivity index (χ2v) is 8.07. The van der Waals surface area contributed by atoms with E-state index in [2.05, 4.69) is 19.9 Å². The lowest BCUT2D eigenvalue weighted by molar-refractivity contribution is -0.119. The monoisotopic (exact) mass is 370 g/mol. The van der Waals surface area contributed by atoms with Gasteiger partial charge >= 0.3 is 0 Å². The first kappa shape index (κ1) is 19.6. The fourth-order valence-electron chi connectivity index (χ4n) is 2.69. The average molecular weight is 370 g/mol. The van der Waals surface area contributed by atoms with Crippen LogP contribution in [0.4, 0.5) is 0 Å². The molecule has 0 spiro atoms. The van der Waals surface area contributed by atoms with Crippen LogP contribution in [0.15, 0.2) is 18.3 Å². The van der Waals surface area contributed by atoms with Crippen molar-refractivity contribution in [1.29, 1.82) is 0 Å². The SMILES string of the molecule is CC(=O)NCc1cc(OC2CCN(CCCNS(C)(=O)=O)C2)ccn1. The maximum absolute atomic E-state index is 11.0. The second-order valence-electron chi connectivity index (χ2n) is 6.24. The molecule has 25 heavy (non-hydrogen) atoms. The van der Waals surface area contributed by atoms with Crippen molar-refractivity contribution in [2.45, 2.75) is 32.4 Å². The zero-order valence-corrected chi connectivity index (χ0v) is 15.5. The molecule has 0 radical (unpaired) electrons. The summed E-state index contributed by atoms with van der Waals surface area (Å²) in [6.45, 7) is 4.91. The molecule has 1 saturated heterocycles. The zero-order valence-electron chi connectivity index (χ0n) is 14.7. The average Bonchev–Trinajstić information content (AvgIpc) is 2.96. The maximum atomic E-state index is 11.0. The van der Waals surface area contributed by atoms with Crippen LogP contribution in [-0.2, 0) is 21.4 Å². The van der Waals surface area contributed by atoms with E-state index in [1.54, 1.807) is 6.20 Å². The number of amides is 1. The Balaban J connectivity index is 1.73. The Morgan fingerprint density at radius 1 is 1.48 bits per heavy atom. The summed E-state index contributed by atoms with van der Waals surface area (Å²) in [6.07, 6.45) is 4.66. The highest BCUT2D eigenvalue weighted by Gasteiger charge is 2.23. The Bertz CT molecular complexity index is 680. The highest BCUT2D eigenvalue weighted by atomic mass is 32.2. The van der Waals surface area contributed by atoms with E-state index in [9.17, 15) is 13.2 Å². The van der Waals surface area contributed by atoms with Crippen molar-refractivity contribution >= 4 is 15.9 Å². The van der Waals surface area contributed by atoms with E-state index in [4.69, 9.17) is 4.74 Å². The molecule has 1 amide bonds. The summed E-state index contributed by atoms with van der Waals surface area (Å²) < 4.78 is 30.6. The molecule has 1 aromatic heterocycles. The smallest absolute Gasteiger partial charge is 0.217 e. The molecule has 1 unspecified atom stereocenters. The molecule has 140 valence electrons. The normalized spacial score (nSPS) is 18.2. The molecule has 1 aromatic rings. The van der Waals surface area contributed by atoms with Crippen LogP contribution in [0.2, 0.25) is 0 Å². The highest BCUT2D eigenvalue weighted by molar-refractivity contribution is 7.88. The van der Waals surface area contributed by atoms with Crippen molar-refractivity contribution < 1.29 is 17.9 Å². The van der Waals surface area contributed by atoms with Crippen LogP contribution in [0.3, 0.4) is 0 Å². The van der Waals surface area contributed by atoms with Crippen LogP contribution >= 0.6 is 0 Å². The van der Waals surface area contributed by atoms with Gasteiger partial charge in [0.05, 0.1) is 18.5 Å². The minimum Gasteiger partial charge on any atom is -0.489 e. The molecule has 1 aliphatic heterocycles. The Kier molecular flexibility index (Phi) is 7.15. The van der Waals surface area contributed by atoms with E-state index in [1.807, 2.05) is 12.1 Å². The summed E-state index contributed by atoms with van der Waals surface area (Å²) in [5.74, 6) is 0.658. The van der Waals surface area contributed by atoms with Gasteiger partial charge in [0.2, 0.25) is 15.9 Å². The van der Waals surface area contributed by atoms with Gasteiger partial charge in [0.15, 0.2) is 0 Å². The van der Waals surface area contributed by atoms with Crippen molar-refractivity contribution in [3.05, 3.63) is 24.0 Å². The summed E-state index contributed by atoms with van der Waals surface area (Å²) in [5, 5.41) is 2.72. The number of nitrogens with one attached hydrogen (secondary N) is 2.